The largest absolute Gasteiger partial charge is 0.453 e. The first-order chi connectivity index (χ1) is 4.95. The first-order valence-corrected chi connectivity index (χ1v) is 3.15. The summed E-state index contributed by atoms with van der Waals surface area (Å²) in [5.41, 5.74) is 0. The number of halogens is 2. The maximum atomic E-state index is 12.1. The predicted molar refractivity (Wildman–Crippen MR) is 35.6 cm³/mol. The molecule has 0 radical (unpaired) electrons. The third-order valence-electron chi connectivity index (χ3n) is 1.02. The Hall–Kier alpha value is -0.870. The van der Waals surface area contributed by atoms with Gasteiger partial charge in [-0.2, -0.15) is 0 Å². The van der Waals surface area contributed by atoms with E-state index in [1.165, 1.54) is 7.11 Å². The van der Waals surface area contributed by atoms with Crippen LogP contribution in [0.25, 0.3) is 0 Å². The highest BCUT2D eigenvalue weighted by molar-refractivity contribution is 5.66. The van der Waals surface area contributed by atoms with Crippen LogP contribution in [0.5, 0.6) is 0 Å². The molecule has 0 aliphatic heterocycles. The summed E-state index contributed by atoms with van der Waals surface area (Å²) in [7, 11) is 1.18. The number of ether oxygens (including phenoxy) is 1. The van der Waals surface area contributed by atoms with Crippen LogP contribution in [0.15, 0.2) is 0 Å². The van der Waals surface area contributed by atoms with Gasteiger partial charge in [-0.15, -0.1) is 0 Å². The summed E-state index contributed by atoms with van der Waals surface area (Å²) in [6.45, 7) is 0.724. The predicted octanol–water partition coefficient (Wildman–Crippen LogP) is 1.39. The topological polar surface area (TPSA) is 38.3 Å². The number of rotatable bonds is 3. The molecule has 0 heterocycles. The van der Waals surface area contributed by atoms with E-state index >= 15 is 0 Å². The molecular weight excluding hydrogens is 156 g/mol. The Balaban J connectivity index is 3.35. The van der Waals surface area contributed by atoms with Gasteiger partial charge in [0.15, 0.2) is 0 Å². The second-order valence-electron chi connectivity index (χ2n) is 2.24. The molecule has 0 aliphatic rings. The van der Waals surface area contributed by atoms with Crippen molar-refractivity contribution in [3.63, 3.8) is 0 Å². The Morgan fingerprint density at radius 3 is 2.55 bits per heavy atom. The van der Waals surface area contributed by atoms with Gasteiger partial charge in [0.1, 0.15) is 0 Å². The van der Waals surface area contributed by atoms with Crippen molar-refractivity contribution in [2.24, 2.45) is 0 Å². The number of carbonyl (C=O) groups is 1. The van der Waals surface area contributed by atoms with E-state index in [1.807, 2.05) is 0 Å². The first-order valence-electron chi connectivity index (χ1n) is 3.15. The molecule has 0 spiro atoms. The molecule has 5 heteroatoms. The maximum absolute atomic E-state index is 12.1. The van der Waals surface area contributed by atoms with Crippen molar-refractivity contribution >= 4 is 6.09 Å². The van der Waals surface area contributed by atoms with E-state index < -0.39 is 12.0 Å². The van der Waals surface area contributed by atoms with Crippen molar-refractivity contribution in [3.05, 3.63) is 0 Å². The van der Waals surface area contributed by atoms with E-state index in [-0.39, 0.29) is 13.0 Å². The van der Waals surface area contributed by atoms with Gasteiger partial charge in [0.25, 0.3) is 0 Å². The fourth-order valence-electron chi connectivity index (χ4n) is 0.456. The van der Waals surface area contributed by atoms with Crippen molar-refractivity contribution in [3.8, 4) is 0 Å². The van der Waals surface area contributed by atoms with Crippen LogP contribution in [0.2, 0.25) is 0 Å². The summed E-state index contributed by atoms with van der Waals surface area (Å²) in [5, 5.41) is 2.15. The van der Waals surface area contributed by atoms with E-state index in [9.17, 15) is 13.6 Å². The van der Waals surface area contributed by atoms with Gasteiger partial charge in [-0.1, -0.05) is 0 Å². The second-order valence-corrected chi connectivity index (χ2v) is 2.24. The molecule has 3 nitrogen and oxygen atoms in total. The van der Waals surface area contributed by atoms with Crippen LogP contribution >= 0.6 is 0 Å². The Kier molecular flexibility index (Phi) is 3.78. The molecule has 0 bridgehead atoms. The van der Waals surface area contributed by atoms with Gasteiger partial charge in [-0.3, -0.25) is 0 Å². The first kappa shape index (κ1) is 10.1. The summed E-state index contributed by atoms with van der Waals surface area (Å²) in [4.78, 5) is 10.3. The Bertz CT molecular complexity index is 133. The highest BCUT2D eigenvalue weighted by atomic mass is 19.3. The quantitative estimate of drug-likeness (QED) is 0.689. The standard InChI is InChI=1S/C6H11F2NO2/c1-6(7,8)3-4-9-5(10)11-2/h3-4H2,1-2H3,(H,9,10). The zero-order valence-corrected chi connectivity index (χ0v) is 6.49. The van der Waals surface area contributed by atoms with Crippen LogP contribution in [-0.2, 0) is 4.74 Å². The third-order valence-corrected chi connectivity index (χ3v) is 1.02. The molecule has 0 atom stereocenters. The minimum atomic E-state index is -2.74. The molecule has 0 saturated heterocycles. The lowest BCUT2D eigenvalue weighted by Crippen LogP contribution is -2.27. The molecule has 0 saturated carbocycles. The van der Waals surface area contributed by atoms with E-state index in [2.05, 4.69) is 10.1 Å². The minimum absolute atomic E-state index is 0.0732. The Labute approximate surface area is 63.7 Å². The van der Waals surface area contributed by atoms with Crippen molar-refractivity contribution in [1.82, 2.24) is 5.32 Å². The highest BCUT2D eigenvalue weighted by Crippen LogP contribution is 2.14. The van der Waals surface area contributed by atoms with E-state index in [0.29, 0.717) is 0 Å². The van der Waals surface area contributed by atoms with Crippen molar-refractivity contribution in [2.45, 2.75) is 19.3 Å². The summed E-state index contributed by atoms with van der Waals surface area (Å²) in [5.74, 6) is -2.74. The van der Waals surface area contributed by atoms with Gasteiger partial charge in [0, 0.05) is 13.0 Å². The van der Waals surface area contributed by atoms with E-state index in [4.69, 9.17) is 0 Å². The van der Waals surface area contributed by atoms with Gasteiger partial charge >= 0.3 is 6.09 Å². The lowest BCUT2D eigenvalue weighted by molar-refractivity contribution is 0.0136. The summed E-state index contributed by atoms with van der Waals surface area (Å²) in [6.07, 6.45) is -1.06. The van der Waals surface area contributed by atoms with Crippen LogP contribution in [-0.4, -0.2) is 25.7 Å². The van der Waals surface area contributed by atoms with Crippen molar-refractivity contribution in [2.75, 3.05) is 13.7 Å². The molecule has 0 aromatic rings. The highest BCUT2D eigenvalue weighted by Gasteiger charge is 2.20. The fraction of sp³-hybridized carbons (Fsp3) is 0.833. The number of alkyl carbamates (subject to hydrolysis) is 1. The molecule has 66 valence electrons. The lowest BCUT2D eigenvalue weighted by atomic mass is 10.3. The fourth-order valence-corrected chi connectivity index (χ4v) is 0.456. The second kappa shape index (κ2) is 4.10. The molecule has 1 amide bonds. The van der Waals surface area contributed by atoms with Gasteiger partial charge in [-0.25, -0.2) is 13.6 Å². The Morgan fingerprint density at radius 2 is 2.18 bits per heavy atom. The van der Waals surface area contributed by atoms with Crippen LogP contribution in [0.3, 0.4) is 0 Å². The van der Waals surface area contributed by atoms with Crippen molar-refractivity contribution < 1.29 is 18.3 Å². The third kappa shape index (κ3) is 7.02. The van der Waals surface area contributed by atoms with Crippen LogP contribution in [0.4, 0.5) is 13.6 Å². The van der Waals surface area contributed by atoms with Gasteiger partial charge in [-0.05, 0) is 6.92 Å². The lowest BCUT2D eigenvalue weighted by Gasteiger charge is -2.09. The summed E-state index contributed by atoms with van der Waals surface area (Å²) < 4.78 is 28.3. The van der Waals surface area contributed by atoms with Gasteiger partial charge < -0.3 is 10.1 Å². The normalized spacial score (nSPS) is 10.9. The summed E-state index contributed by atoms with van der Waals surface area (Å²) >= 11 is 0. The number of alkyl halides is 2. The summed E-state index contributed by atoms with van der Waals surface area (Å²) in [6, 6.07) is 0. The van der Waals surface area contributed by atoms with Gasteiger partial charge in [0.2, 0.25) is 5.92 Å². The average molecular weight is 167 g/mol. The van der Waals surface area contributed by atoms with E-state index in [0.717, 1.165) is 6.92 Å². The number of amides is 1. The molecule has 0 unspecified atom stereocenters. The number of hydrogen-bond donors (Lipinski definition) is 1. The zero-order chi connectivity index (χ0) is 8.91. The average Bonchev–Trinajstić information content (AvgIpc) is 1.85. The van der Waals surface area contributed by atoms with Crippen molar-refractivity contribution in [1.29, 1.82) is 0 Å². The number of hydrogen-bond acceptors (Lipinski definition) is 2. The molecule has 0 aliphatic carbocycles. The van der Waals surface area contributed by atoms with Crippen LogP contribution in [0, 0.1) is 0 Å². The molecule has 0 fully saturated rings. The molecule has 11 heavy (non-hydrogen) atoms. The van der Waals surface area contributed by atoms with Crippen LogP contribution in [0.1, 0.15) is 13.3 Å². The number of methoxy groups -OCH3 is 1. The molecule has 1 N–H and O–H groups in total. The monoisotopic (exact) mass is 167 g/mol. The van der Waals surface area contributed by atoms with E-state index in [1.54, 1.807) is 0 Å². The van der Waals surface area contributed by atoms with Crippen LogP contribution < -0.4 is 5.32 Å². The SMILES string of the molecule is COC(=O)NCCC(C)(F)F. The Morgan fingerprint density at radius 1 is 1.64 bits per heavy atom. The number of nitrogens with one attached hydrogen (secondary N) is 1. The molecular formula is C6H11F2NO2. The molecule has 0 aromatic heterocycles. The maximum Gasteiger partial charge on any atom is 0.406 e. The van der Waals surface area contributed by atoms with Gasteiger partial charge in [0.05, 0.1) is 7.11 Å². The minimum Gasteiger partial charge on any atom is -0.453 e. The zero-order valence-electron chi connectivity index (χ0n) is 6.49. The molecule has 0 rings (SSSR count). The smallest absolute Gasteiger partial charge is 0.406 e. The number of carbonyl (C=O) groups excluding carboxylic acids is 1. The molecule has 0 aromatic carbocycles.